The zero-order chi connectivity index (χ0) is 30.9. The summed E-state index contributed by atoms with van der Waals surface area (Å²) in [5.74, 6) is -8.71. The quantitative estimate of drug-likeness (QED) is 0.0832. The summed E-state index contributed by atoms with van der Waals surface area (Å²) in [4.78, 5) is 44.8. The van der Waals surface area contributed by atoms with Gasteiger partial charge in [-0.25, -0.2) is 19.2 Å². The van der Waals surface area contributed by atoms with Crippen molar-refractivity contribution < 1.29 is 83.7 Å². The Labute approximate surface area is 238 Å². The molecule has 4 aliphatic rings. The fraction of sp³-hybridized carbons (Fsp3) is 0.840. The van der Waals surface area contributed by atoms with Crippen LogP contribution in [-0.4, -0.2) is 145 Å². The second-order valence-corrected chi connectivity index (χ2v) is 11.2. The number of hydrogen-bond acceptors (Lipinski definition) is 16. The number of carbonyl (C=O) groups excluding carboxylic acids is 3. The molecule has 17 heteroatoms. The standard InChI is InChI=1S/C25H36O17/c26-9-4-12(28)10-6-15(20(39-14(10)5-9)8-1-2-11(27)13(29)3-8)40-25-19(32)18(31)17(30)16(41-25)7-38-23(36)24(37)42-22(35)21(33)34/h8-20,25-32H,1-7H2,(H,33,34). The van der Waals surface area contributed by atoms with Gasteiger partial charge in [0.15, 0.2) is 6.29 Å². The van der Waals surface area contributed by atoms with Crippen molar-refractivity contribution in [2.75, 3.05) is 6.61 Å². The Balaban J connectivity index is 1.46. The van der Waals surface area contributed by atoms with Crippen LogP contribution >= 0.6 is 0 Å². The summed E-state index contributed by atoms with van der Waals surface area (Å²) in [6, 6.07) is 0. The van der Waals surface area contributed by atoms with E-state index in [0.717, 1.165) is 0 Å². The molecule has 0 aromatic carbocycles. The van der Waals surface area contributed by atoms with Crippen LogP contribution in [0.15, 0.2) is 0 Å². The summed E-state index contributed by atoms with van der Waals surface area (Å²) in [5, 5.41) is 81.0. The van der Waals surface area contributed by atoms with E-state index in [4.69, 9.17) is 19.3 Å². The van der Waals surface area contributed by atoms with E-state index in [1.165, 1.54) is 0 Å². The Morgan fingerprint density at radius 2 is 1.43 bits per heavy atom. The average Bonchev–Trinajstić information content (AvgIpc) is 2.93. The molecule has 4 rings (SSSR count). The molecule has 0 aromatic heterocycles. The maximum absolute atomic E-state index is 11.8. The van der Waals surface area contributed by atoms with Crippen LogP contribution in [0.3, 0.4) is 0 Å². The van der Waals surface area contributed by atoms with Gasteiger partial charge in [0.1, 0.15) is 31.0 Å². The molecule has 2 aliphatic carbocycles. The Morgan fingerprint density at radius 3 is 2.10 bits per heavy atom. The number of esters is 3. The highest BCUT2D eigenvalue weighted by atomic mass is 16.7. The summed E-state index contributed by atoms with van der Waals surface area (Å²) in [5.41, 5.74) is 0. The van der Waals surface area contributed by atoms with Crippen LogP contribution in [0.25, 0.3) is 0 Å². The van der Waals surface area contributed by atoms with Crippen molar-refractivity contribution in [3.63, 3.8) is 0 Å². The van der Waals surface area contributed by atoms with Crippen molar-refractivity contribution in [3.8, 4) is 0 Å². The molecule has 2 heterocycles. The number of carbonyl (C=O) groups is 4. The highest BCUT2D eigenvalue weighted by Crippen LogP contribution is 2.43. The minimum atomic E-state index is -2.13. The molecule has 14 unspecified atom stereocenters. The fourth-order valence-corrected chi connectivity index (χ4v) is 6.13. The molecule has 2 aliphatic heterocycles. The molecule has 14 atom stereocenters. The van der Waals surface area contributed by atoms with Gasteiger partial charge in [0.05, 0.1) is 42.7 Å². The second-order valence-electron chi connectivity index (χ2n) is 11.2. The van der Waals surface area contributed by atoms with Crippen LogP contribution in [0, 0.1) is 11.8 Å². The summed E-state index contributed by atoms with van der Waals surface area (Å²) in [6.07, 6.45) is -13.2. The molecule has 0 radical (unpaired) electrons. The first-order valence-electron chi connectivity index (χ1n) is 13.7. The van der Waals surface area contributed by atoms with Gasteiger partial charge in [0.25, 0.3) is 0 Å². The molecule has 0 aromatic rings. The van der Waals surface area contributed by atoms with Gasteiger partial charge in [-0.3, -0.25) is 0 Å². The Kier molecular flexibility index (Phi) is 10.5. The number of aliphatic hydroxyl groups is 7. The maximum atomic E-state index is 11.8. The van der Waals surface area contributed by atoms with Gasteiger partial charge in [0.2, 0.25) is 0 Å². The van der Waals surface area contributed by atoms with Crippen molar-refractivity contribution in [1.29, 1.82) is 0 Å². The average molecular weight is 609 g/mol. The number of aliphatic hydroxyl groups excluding tert-OH is 7. The fourth-order valence-electron chi connectivity index (χ4n) is 6.13. The number of carboxylic acids is 1. The molecule has 2 saturated carbocycles. The molecule has 238 valence electrons. The van der Waals surface area contributed by atoms with E-state index in [-0.39, 0.29) is 38.0 Å². The monoisotopic (exact) mass is 608 g/mol. The molecule has 17 nitrogen and oxygen atoms in total. The number of fused-ring (bicyclic) bond motifs is 1. The number of aliphatic carboxylic acids is 1. The third-order valence-corrected chi connectivity index (χ3v) is 8.36. The van der Waals surface area contributed by atoms with Gasteiger partial charge in [-0.15, -0.1) is 0 Å². The lowest BCUT2D eigenvalue weighted by molar-refractivity contribution is -0.333. The van der Waals surface area contributed by atoms with E-state index in [2.05, 4.69) is 9.47 Å². The lowest BCUT2D eigenvalue weighted by atomic mass is 9.72. The Morgan fingerprint density at radius 1 is 0.714 bits per heavy atom. The van der Waals surface area contributed by atoms with E-state index >= 15 is 0 Å². The number of rotatable bonds is 5. The topological polar surface area (TPSA) is 276 Å². The van der Waals surface area contributed by atoms with Gasteiger partial charge in [-0.1, -0.05) is 0 Å². The summed E-state index contributed by atoms with van der Waals surface area (Å²) in [7, 11) is 0. The molecular weight excluding hydrogens is 572 g/mol. The SMILES string of the molecule is O=C(O)C(=O)OC(=O)C(=O)OCC1OC(OC2CC3C(O)CC(O)CC3OC2C2CCC(O)C(O)C2)C(O)C(O)C1O. The molecule has 8 N–H and O–H groups in total. The lowest BCUT2D eigenvalue weighted by Crippen LogP contribution is -2.62. The minimum absolute atomic E-state index is 0.109. The van der Waals surface area contributed by atoms with Gasteiger partial charge >= 0.3 is 23.9 Å². The van der Waals surface area contributed by atoms with Gasteiger partial charge in [-0.2, -0.15) is 0 Å². The van der Waals surface area contributed by atoms with Gasteiger partial charge in [-0.05, 0) is 44.4 Å². The van der Waals surface area contributed by atoms with Crippen LogP contribution < -0.4 is 0 Å². The number of hydrogen-bond donors (Lipinski definition) is 8. The van der Waals surface area contributed by atoms with Crippen LogP contribution in [0.4, 0.5) is 0 Å². The first-order valence-corrected chi connectivity index (χ1v) is 13.7. The largest absolute Gasteiger partial charge is 0.473 e. The Hall–Kier alpha value is -2.32. The number of ether oxygens (including phenoxy) is 5. The van der Waals surface area contributed by atoms with Crippen LogP contribution in [0.2, 0.25) is 0 Å². The highest BCUT2D eigenvalue weighted by Gasteiger charge is 2.52. The van der Waals surface area contributed by atoms with Crippen LogP contribution in [0.1, 0.15) is 38.5 Å². The summed E-state index contributed by atoms with van der Waals surface area (Å²) in [6.45, 7) is -0.904. The van der Waals surface area contributed by atoms with Gasteiger partial charge in [0, 0.05) is 5.92 Å². The lowest BCUT2D eigenvalue weighted by Gasteiger charge is -2.51. The normalized spacial score (nSPS) is 44.0. The first kappa shape index (κ1) is 32.6. The van der Waals surface area contributed by atoms with E-state index in [1.54, 1.807) is 0 Å². The van der Waals surface area contributed by atoms with Crippen LogP contribution in [0.5, 0.6) is 0 Å². The Bertz CT molecular complexity index is 1010. The molecule has 4 fully saturated rings. The predicted molar refractivity (Wildman–Crippen MR) is 129 cm³/mol. The zero-order valence-electron chi connectivity index (χ0n) is 22.3. The third-order valence-electron chi connectivity index (χ3n) is 8.36. The van der Waals surface area contributed by atoms with Crippen molar-refractivity contribution in [3.05, 3.63) is 0 Å². The molecule has 2 saturated heterocycles. The van der Waals surface area contributed by atoms with Gasteiger partial charge < -0.3 is 64.5 Å². The molecule has 0 amide bonds. The molecule has 0 bridgehead atoms. The summed E-state index contributed by atoms with van der Waals surface area (Å²) >= 11 is 0. The molecule has 0 spiro atoms. The van der Waals surface area contributed by atoms with Crippen molar-refractivity contribution >= 4 is 23.9 Å². The molecular formula is C25H36O17. The van der Waals surface area contributed by atoms with Crippen molar-refractivity contribution in [2.24, 2.45) is 11.8 Å². The van der Waals surface area contributed by atoms with Crippen molar-refractivity contribution in [1.82, 2.24) is 0 Å². The highest BCUT2D eigenvalue weighted by molar-refractivity contribution is 6.38. The van der Waals surface area contributed by atoms with E-state index < -0.39 is 110 Å². The van der Waals surface area contributed by atoms with Crippen LogP contribution in [-0.2, 0) is 42.9 Å². The van der Waals surface area contributed by atoms with E-state index in [0.29, 0.717) is 6.42 Å². The predicted octanol–water partition coefficient (Wildman–Crippen LogP) is -4.31. The molecule has 42 heavy (non-hydrogen) atoms. The van der Waals surface area contributed by atoms with E-state index in [9.17, 15) is 54.9 Å². The van der Waals surface area contributed by atoms with E-state index in [1.807, 2.05) is 0 Å². The summed E-state index contributed by atoms with van der Waals surface area (Å²) < 4.78 is 26.3. The zero-order valence-corrected chi connectivity index (χ0v) is 22.3. The minimum Gasteiger partial charge on any atom is -0.473 e. The maximum Gasteiger partial charge on any atom is 0.425 e. The smallest absolute Gasteiger partial charge is 0.425 e. The van der Waals surface area contributed by atoms with Crippen molar-refractivity contribution in [2.45, 2.75) is 112 Å². The number of carboxylic acid groups (broad SMARTS) is 1. The third kappa shape index (κ3) is 7.24. The first-order chi connectivity index (χ1) is 19.8. The second kappa shape index (κ2) is 13.5.